The predicted molar refractivity (Wildman–Crippen MR) is 81.4 cm³/mol. The SMILES string of the molecule is CNc1nc(C2CC2)nc(-c2cc(Br)ccc2F)c1C. The molecule has 0 unspecified atom stereocenters. The summed E-state index contributed by atoms with van der Waals surface area (Å²) in [6.07, 6.45) is 2.24. The standard InChI is InChI=1S/C15H15BrFN3/c1-8-13(11-7-10(16)5-6-12(11)17)19-15(9-3-4-9)20-14(8)18-2/h5-7,9H,3-4H2,1-2H3,(H,18,19,20). The molecule has 1 aliphatic carbocycles. The number of nitrogens with zero attached hydrogens (tertiary/aromatic N) is 2. The fraction of sp³-hybridized carbons (Fsp3) is 0.333. The first kappa shape index (κ1) is 13.5. The van der Waals surface area contributed by atoms with Gasteiger partial charge in [-0.3, -0.25) is 0 Å². The van der Waals surface area contributed by atoms with Crippen LogP contribution in [-0.2, 0) is 0 Å². The Balaban J connectivity index is 2.20. The maximum atomic E-state index is 14.1. The summed E-state index contributed by atoms with van der Waals surface area (Å²) in [4.78, 5) is 9.14. The number of halogens is 2. The quantitative estimate of drug-likeness (QED) is 0.909. The molecule has 0 spiro atoms. The van der Waals surface area contributed by atoms with Gasteiger partial charge in [-0.15, -0.1) is 0 Å². The van der Waals surface area contributed by atoms with Gasteiger partial charge >= 0.3 is 0 Å². The van der Waals surface area contributed by atoms with Gasteiger partial charge in [0.25, 0.3) is 0 Å². The van der Waals surface area contributed by atoms with Crippen LogP contribution < -0.4 is 5.32 Å². The van der Waals surface area contributed by atoms with Crippen LogP contribution in [0.5, 0.6) is 0 Å². The summed E-state index contributed by atoms with van der Waals surface area (Å²) in [5.74, 6) is 1.75. The molecular formula is C15H15BrFN3. The van der Waals surface area contributed by atoms with E-state index in [9.17, 15) is 4.39 Å². The highest BCUT2D eigenvalue weighted by Crippen LogP contribution is 2.40. The van der Waals surface area contributed by atoms with Gasteiger partial charge in [0.1, 0.15) is 17.5 Å². The molecule has 2 aromatic rings. The summed E-state index contributed by atoms with van der Waals surface area (Å²) < 4.78 is 15.0. The molecule has 0 bridgehead atoms. The number of nitrogens with one attached hydrogen (secondary N) is 1. The van der Waals surface area contributed by atoms with Crippen molar-refractivity contribution in [3.05, 3.63) is 39.9 Å². The van der Waals surface area contributed by atoms with Crippen molar-refractivity contribution in [1.29, 1.82) is 0 Å². The predicted octanol–water partition coefficient (Wildman–Crippen LogP) is 4.27. The lowest BCUT2D eigenvalue weighted by Gasteiger charge is -2.13. The van der Waals surface area contributed by atoms with Gasteiger partial charge in [-0.1, -0.05) is 15.9 Å². The minimum Gasteiger partial charge on any atom is -0.373 e. The first-order valence-electron chi connectivity index (χ1n) is 6.62. The first-order chi connectivity index (χ1) is 9.60. The largest absolute Gasteiger partial charge is 0.373 e. The van der Waals surface area contributed by atoms with E-state index >= 15 is 0 Å². The lowest BCUT2D eigenvalue weighted by molar-refractivity contribution is 0.630. The second-order valence-electron chi connectivity index (χ2n) is 5.05. The maximum absolute atomic E-state index is 14.1. The Kier molecular flexibility index (Phi) is 3.46. The van der Waals surface area contributed by atoms with Crippen LogP contribution in [0.4, 0.5) is 10.2 Å². The highest BCUT2D eigenvalue weighted by atomic mass is 79.9. The molecule has 3 rings (SSSR count). The van der Waals surface area contributed by atoms with Crippen molar-refractivity contribution in [2.24, 2.45) is 0 Å². The van der Waals surface area contributed by atoms with E-state index in [-0.39, 0.29) is 5.82 Å². The molecule has 1 aliphatic rings. The number of anilines is 1. The molecule has 20 heavy (non-hydrogen) atoms. The zero-order valence-corrected chi connectivity index (χ0v) is 13.0. The van der Waals surface area contributed by atoms with Crippen molar-refractivity contribution in [3.8, 4) is 11.3 Å². The van der Waals surface area contributed by atoms with Gasteiger partial charge in [-0.05, 0) is 38.0 Å². The van der Waals surface area contributed by atoms with Crippen LogP contribution in [0.15, 0.2) is 22.7 Å². The Morgan fingerprint density at radius 3 is 2.70 bits per heavy atom. The molecule has 0 aliphatic heterocycles. The molecule has 0 atom stereocenters. The lowest BCUT2D eigenvalue weighted by atomic mass is 10.1. The first-order valence-corrected chi connectivity index (χ1v) is 7.41. The number of benzene rings is 1. The number of rotatable bonds is 3. The maximum Gasteiger partial charge on any atom is 0.134 e. The van der Waals surface area contributed by atoms with Gasteiger partial charge < -0.3 is 5.32 Å². The van der Waals surface area contributed by atoms with Gasteiger partial charge in [-0.2, -0.15) is 0 Å². The third-order valence-electron chi connectivity index (χ3n) is 3.53. The van der Waals surface area contributed by atoms with Crippen LogP contribution in [0.3, 0.4) is 0 Å². The van der Waals surface area contributed by atoms with E-state index in [1.54, 1.807) is 12.1 Å². The molecule has 1 heterocycles. The Morgan fingerprint density at radius 2 is 2.05 bits per heavy atom. The summed E-state index contributed by atoms with van der Waals surface area (Å²) >= 11 is 3.39. The molecule has 0 amide bonds. The van der Waals surface area contributed by atoms with Crippen LogP contribution in [0.25, 0.3) is 11.3 Å². The van der Waals surface area contributed by atoms with Crippen molar-refractivity contribution in [2.75, 3.05) is 12.4 Å². The van der Waals surface area contributed by atoms with Gasteiger partial charge in [0, 0.05) is 28.6 Å². The van der Waals surface area contributed by atoms with Gasteiger partial charge in [-0.25, -0.2) is 14.4 Å². The minimum atomic E-state index is -0.265. The Labute approximate surface area is 125 Å². The average molecular weight is 336 g/mol. The van der Waals surface area contributed by atoms with E-state index in [4.69, 9.17) is 0 Å². The third-order valence-corrected chi connectivity index (χ3v) is 4.02. The molecule has 1 N–H and O–H groups in total. The average Bonchev–Trinajstić information content (AvgIpc) is 3.26. The molecule has 3 nitrogen and oxygen atoms in total. The molecule has 1 fully saturated rings. The third kappa shape index (κ3) is 2.42. The van der Waals surface area contributed by atoms with Crippen molar-refractivity contribution in [2.45, 2.75) is 25.7 Å². The highest BCUT2D eigenvalue weighted by molar-refractivity contribution is 9.10. The molecule has 104 valence electrons. The molecular weight excluding hydrogens is 321 g/mol. The van der Waals surface area contributed by atoms with Gasteiger partial charge in [0.15, 0.2) is 0 Å². The molecule has 1 aromatic carbocycles. The Bertz CT molecular complexity index is 668. The van der Waals surface area contributed by atoms with E-state index in [1.807, 2.05) is 14.0 Å². The number of hydrogen-bond acceptors (Lipinski definition) is 3. The van der Waals surface area contributed by atoms with E-state index in [1.165, 1.54) is 6.07 Å². The Hall–Kier alpha value is -1.49. The van der Waals surface area contributed by atoms with Gasteiger partial charge in [0.2, 0.25) is 0 Å². The van der Waals surface area contributed by atoms with Crippen molar-refractivity contribution in [1.82, 2.24) is 9.97 Å². The highest BCUT2D eigenvalue weighted by Gasteiger charge is 2.28. The zero-order chi connectivity index (χ0) is 14.3. The van der Waals surface area contributed by atoms with Crippen LogP contribution in [0.2, 0.25) is 0 Å². The van der Waals surface area contributed by atoms with Gasteiger partial charge in [0.05, 0.1) is 5.69 Å². The lowest BCUT2D eigenvalue weighted by Crippen LogP contribution is -2.05. The van der Waals surface area contributed by atoms with Crippen molar-refractivity contribution < 1.29 is 4.39 Å². The summed E-state index contributed by atoms with van der Waals surface area (Å²) in [5, 5.41) is 3.08. The normalized spacial score (nSPS) is 14.4. The van der Waals surface area contributed by atoms with Crippen molar-refractivity contribution >= 4 is 21.7 Å². The van der Waals surface area contributed by atoms with Crippen molar-refractivity contribution in [3.63, 3.8) is 0 Å². The smallest absolute Gasteiger partial charge is 0.134 e. The van der Waals surface area contributed by atoms with E-state index in [2.05, 4.69) is 31.2 Å². The van der Waals surface area contributed by atoms with Crippen LogP contribution in [0, 0.1) is 12.7 Å². The molecule has 0 radical (unpaired) electrons. The fourth-order valence-electron chi connectivity index (χ4n) is 2.24. The molecule has 1 saturated carbocycles. The van der Waals surface area contributed by atoms with Crippen LogP contribution >= 0.6 is 15.9 Å². The summed E-state index contributed by atoms with van der Waals surface area (Å²) in [5.41, 5.74) is 2.05. The second kappa shape index (κ2) is 5.13. The van der Waals surface area contributed by atoms with E-state index in [0.717, 1.165) is 34.5 Å². The zero-order valence-electron chi connectivity index (χ0n) is 11.4. The fourth-order valence-corrected chi connectivity index (χ4v) is 2.60. The number of aromatic nitrogens is 2. The number of hydrogen-bond donors (Lipinski definition) is 1. The van der Waals surface area contributed by atoms with E-state index in [0.29, 0.717) is 17.2 Å². The van der Waals surface area contributed by atoms with E-state index < -0.39 is 0 Å². The molecule has 5 heteroatoms. The monoisotopic (exact) mass is 335 g/mol. The molecule has 1 aromatic heterocycles. The minimum absolute atomic E-state index is 0.265. The summed E-state index contributed by atoms with van der Waals surface area (Å²) in [7, 11) is 1.83. The van der Waals surface area contributed by atoms with Crippen LogP contribution in [0.1, 0.15) is 30.1 Å². The summed E-state index contributed by atoms with van der Waals surface area (Å²) in [6, 6.07) is 4.91. The summed E-state index contributed by atoms with van der Waals surface area (Å²) in [6.45, 7) is 1.91. The Morgan fingerprint density at radius 1 is 1.30 bits per heavy atom. The molecule has 0 saturated heterocycles. The van der Waals surface area contributed by atoms with Crippen LogP contribution in [-0.4, -0.2) is 17.0 Å². The second-order valence-corrected chi connectivity index (χ2v) is 5.97. The topological polar surface area (TPSA) is 37.8 Å².